The van der Waals surface area contributed by atoms with Gasteiger partial charge in [-0.1, -0.05) is 30.3 Å². The number of rotatable bonds is 2. The van der Waals surface area contributed by atoms with Crippen LogP contribution in [0.5, 0.6) is 0 Å². The molecule has 1 aliphatic rings. The zero-order chi connectivity index (χ0) is 9.97. The first kappa shape index (κ1) is 9.69. The standard InChI is InChI=1S/C12H17NO/c1-10-7-12(14)9-13(10)8-11-5-3-2-4-6-11/h2-6,10,12,14H,7-9H2,1H3/t10?,12-/m0/s1. The van der Waals surface area contributed by atoms with Crippen molar-refractivity contribution < 1.29 is 5.11 Å². The lowest BCUT2D eigenvalue weighted by Crippen LogP contribution is -2.26. The van der Waals surface area contributed by atoms with E-state index in [-0.39, 0.29) is 6.10 Å². The van der Waals surface area contributed by atoms with Crippen LogP contribution in [0.3, 0.4) is 0 Å². The van der Waals surface area contributed by atoms with Gasteiger partial charge in [0.05, 0.1) is 6.10 Å². The van der Waals surface area contributed by atoms with Gasteiger partial charge in [-0.3, -0.25) is 4.90 Å². The highest BCUT2D eigenvalue weighted by atomic mass is 16.3. The van der Waals surface area contributed by atoms with Gasteiger partial charge in [0.15, 0.2) is 0 Å². The lowest BCUT2D eigenvalue weighted by atomic mass is 10.2. The summed E-state index contributed by atoms with van der Waals surface area (Å²) >= 11 is 0. The lowest BCUT2D eigenvalue weighted by Gasteiger charge is -2.20. The van der Waals surface area contributed by atoms with Gasteiger partial charge in [-0.15, -0.1) is 0 Å². The molecule has 1 unspecified atom stereocenters. The molecule has 76 valence electrons. The smallest absolute Gasteiger partial charge is 0.0682 e. The maximum absolute atomic E-state index is 9.51. The summed E-state index contributed by atoms with van der Waals surface area (Å²) in [6, 6.07) is 10.9. The quantitative estimate of drug-likeness (QED) is 0.768. The van der Waals surface area contributed by atoms with Crippen LogP contribution in [-0.2, 0) is 6.54 Å². The van der Waals surface area contributed by atoms with Crippen molar-refractivity contribution in [3.8, 4) is 0 Å². The maximum Gasteiger partial charge on any atom is 0.0682 e. The van der Waals surface area contributed by atoms with E-state index in [1.165, 1.54) is 5.56 Å². The summed E-state index contributed by atoms with van der Waals surface area (Å²) in [5, 5.41) is 9.51. The van der Waals surface area contributed by atoms with Gasteiger partial charge in [0, 0.05) is 19.1 Å². The fraction of sp³-hybridized carbons (Fsp3) is 0.500. The van der Waals surface area contributed by atoms with Gasteiger partial charge >= 0.3 is 0 Å². The molecule has 2 atom stereocenters. The summed E-state index contributed by atoms with van der Waals surface area (Å²) in [6.45, 7) is 3.95. The Kier molecular flexibility index (Phi) is 2.85. The van der Waals surface area contributed by atoms with Crippen LogP contribution in [0.4, 0.5) is 0 Å². The molecule has 1 heterocycles. The van der Waals surface area contributed by atoms with E-state index < -0.39 is 0 Å². The molecule has 1 saturated heterocycles. The molecule has 0 aromatic heterocycles. The van der Waals surface area contributed by atoms with Crippen LogP contribution in [0, 0.1) is 0 Å². The van der Waals surface area contributed by atoms with E-state index in [1.807, 2.05) is 6.07 Å². The summed E-state index contributed by atoms with van der Waals surface area (Å²) in [6.07, 6.45) is 0.779. The Morgan fingerprint density at radius 2 is 2.07 bits per heavy atom. The van der Waals surface area contributed by atoms with Crippen LogP contribution >= 0.6 is 0 Å². The van der Waals surface area contributed by atoms with Crippen LogP contribution in [-0.4, -0.2) is 28.7 Å². The fourth-order valence-electron chi connectivity index (χ4n) is 2.11. The number of likely N-dealkylation sites (tertiary alicyclic amines) is 1. The number of hydrogen-bond donors (Lipinski definition) is 1. The molecule has 1 fully saturated rings. The molecule has 1 aromatic rings. The highest BCUT2D eigenvalue weighted by Gasteiger charge is 2.26. The minimum absolute atomic E-state index is 0.131. The van der Waals surface area contributed by atoms with Crippen molar-refractivity contribution in [3.63, 3.8) is 0 Å². The third-order valence-corrected chi connectivity index (χ3v) is 2.91. The SMILES string of the molecule is CC1C[C@H](O)CN1Cc1ccccc1. The number of β-amino-alcohol motifs (C(OH)–C–C–N with tert-alkyl or cyclic N) is 1. The van der Waals surface area contributed by atoms with Gasteiger partial charge in [-0.2, -0.15) is 0 Å². The van der Waals surface area contributed by atoms with E-state index in [0.717, 1.165) is 19.5 Å². The van der Waals surface area contributed by atoms with Gasteiger partial charge in [-0.25, -0.2) is 0 Å². The molecule has 0 saturated carbocycles. The van der Waals surface area contributed by atoms with Crippen molar-refractivity contribution in [3.05, 3.63) is 35.9 Å². The maximum atomic E-state index is 9.51. The third-order valence-electron chi connectivity index (χ3n) is 2.91. The van der Waals surface area contributed by atoms with Gasteiger partial charge < -0.3 is 5.11 Å². The normalized spacial score (nSPS) is 28.1. The van der Waals surface area contributed by atoms with Crippen molar-refractivity contribution in [2.45, 2.75) is 32.0 Å². The largest absolute Gasteiger partial charge is 0.392 e. The first-order valence-corrected chi connectivity index (χ1v) is 5.22. The Labute approximate surface area is 85.2 Å². The predicted molar refractivity (Wildman–Crippen MR) is 56.9 cm³/mol. The Morgan fingerprint density at radius 3 is 2.64 bits per heavy atom. The first-order chi connectivity index (χ1) is 6.75. The van der Waals surface area contributed by atoms with Crippen LogP contribution in [0.2, 0.25) is 0 Å². The third kappa shape index (κ3) is 2.14. The molecule has 0 radical (unpaired) electrons. The van der Waals surface area contributed by atoms with Crippen molar-refractivity contribution in [1.82, 2.24) is 4.90 Å². The van der Waals surface area contributed by atoms with Gasteiger partial charge in [0.2, 0.25) is 0 Å². The number of hydrogen-bond acceptors (Lipinski definition) is 2. The fourth-order valence-corrected chi connectivity index (χ4v) is 2.11. The van der Waals surface area contributed by atoms with Crippen molar-refractivity contribution in [1.29, 1.82) is 0 Å². The molecule has 14 heavy (non-hydrogen) atoms. The number of nitrogens with zero attached hydrogens (tertiary/aromatic N) is 1. The zero-order valence-electron chi connectivity index (χ0n) is 8.56. The van der Waals surface area contributed by atoms with E-state index >= 15 is 0 Å². The summed E-state index contributed by atoms with van der Waals surface area (Å²) in [5.41, 5.74) is 1.33. The minimum atomic E-state index is -0.131. The topological polar surface area (TPSA) is 23.5 Å². The molecule has 1 aliphatic heterocycles. The Hall–Kier alpha value is -0.860. The molecule has 1 aromatic carbocycles. The molecule has 1 N–H and O–H groups in total. The van der Waals surface area contributed by atoms with E-state index in [4.69, 9.17) is 0 Å². The molecule has 2 rings (SSSR count). The van der Waals surface area contributed by atoms with E-state index in [1.54, 1.807) is 0 Å². The van der Waals surface area contributed by atoms with Crippen LogP contribution < -0.4 is 0 Å². The highest BCUT2D eigenvalue weighted by molar-refractivity contribution is 5.14. The minimum Gasteiger partial charge on any atom is -0.392 e. The first-order valence-electron chi connectivity index (χ1n) is 5.22. The molecule has 0 spiro atoms. The van der Waals surface area contributed by atoms with E-state index in [2.05, 4.69) is 36.1 Å². The average molecular weight is 191 g/mol. The second kappa shape index (κ2) is 4.11. The molecule has 0 aliphatic carbocycles. The molecular weight excluding hydrogens is 174 g/mol. The number of aliphatic hydroxyl groups excluding tert-OH is 1. The van der Waals surface area contributed by atoms with Gasteiger partial charge in [0.1, 0.15) is 0 Å². The Balaban J connectivity index is 1.98. The molecule has 2 nitrogen and oxygen atoms in total. The van der Waals surface area contributed by atoms with Gasteiger partial charge in [0.25, 0.3) is 0 Å². The average Bonchev–Trinajstić information content (AvgIpc) is 2.47. The number of benzene rings is 1. The lowest BCUT2D eigenvalue weighted by molar-refractivity contribution is 0.173. The highest BCUT2D eigenvalue weighted by Crippen LogP contribution is 2.19. The molecular formula is C12H17NO. The summed E-state index contributed by atoms with van der Waals surface area (Å²) in [5.74, 6) is 0. The zero-order valence-corrected chi connectivity index (χ0v) is 8.56. The Bertz CT molecular complexity index is 286. The van der Waals surface area contributed by atoms with Crippen molar-refractivity contribution in [2.75, 3.05) is 6.54 Å². The monoisotopic (exact) mass is 191 g/mol. The summed E-state index contributed by atoms with van der Waals surface area (Å²) in [4.78, 5) is 2.33. The van der Waals surface area contributed by atoms with Crippen molar-refractivity contribution in [2.24, 2.45) is 0 Å². The van der Waals surface area contributed by atoms with Gasteiger partial charge in [-0.05, 0) is 18.9 Å². The molecule has 0 amide bonds. The summed E-state index contributed by atoms with van der Waals surface area (Å²) in [7, 11) is 0. The van der Waals surface area contributed by atoms with E-state index in [0.29, 0.717) is 6.04 Å². The van der Waals surface area contributed by atoms with Crippen LogP contribution in [0.15, 0.2) is 30.3 Å². The van der Waals surface area contributed by atoms with E-state index in [9.17, 15) is 5.11 Å². The Morgan fingerprint density at radius 1 is 1.36 bits per heavy atom. The van der Waals surface area contributed by atoms with Crippen LogP contribution in [0.1, 0.15) is 18.9 Å². The summed E-state index contributed by atoms with van der Waals surface area (Å²) < 4.78 is 0. The second-order valence-corrected chi connectivity index (χ2v) is 4.15. The van der Waals surface area contributed by atoms with Crippen LogP contribution in [0.25, 0.3) is 0 Å². The number of aliphatic hydroxyl groups is 1. The molecule has 2 heteroatoms. The predicted octanol–water partition coefficient (Wildman–Crippen LogP) is 1.64. The molecule has 0 bridgehead atoms. The second-order valence-electron chi connectivity index (χ2n) is 4.15. The van der Waals surface area contributed by atoms with Crippen molar-refractivity contribution >= 4 is 0 Å².